The smallest absolute Gasteiger partial charge is 0.126 e. The van der Waals surface area contributed by atoms with Crippen molar-refractivity contribution in [3.63, 3.8) is 0 Å². The number of rotatable bonds is 6. The highest BCUT2D eigenvalue weighted by Gasteiger charge is 2.23. The molecule has 1 rings (SSSR count). The van der Waals surface area contributed by atoms with E-state index in [-0.39, 0.29) is 11.4 Å². The maximum absolute atomic E-state index is 13.8. The van der Waals surface area contributed by atoms with E-state index >= 15 is 0 Å². The predicted molar refractivity (Wildman–Crippen MR) is 89.5 cm³/mol. The van der Waals surface area contributed by atoms with Crippen molar-refractivity contribution in [1.29, 1.82) is 0 Å². The molecule has 1 aromatic rings. The molecule has 0 saturated carbocycles. The molecule has 1 atom stereocenters. The Kier molecular flexibility index (Phi) is 5.96. The molecule has 20 heavy (non-hydrogen) atoms. The molecular weight excluding hydrogens is 265 g/mol. The molecule has 0 heterocycles. The molecule has 0 bridgehead atoms. The van der Waals surface area contributed by atoms with Crippen LogP contribution in [0.2, 0.25) is 25.7 Å². The molecule has 3 heteroatoms. The summed E-state index contributed by atoms with van der Waals surface area (Å²) in [6, 6.07) is 8.41. The summed E-state index contributed by atoms with van der Waals surface area (Å²) in [6.45, 7) is 14.7. The molecule has 1 N–H and O–H groups in total. The fourth-order valence-electron chi connectivity index (χ4n) is 2.51. The molecule has 0 aromatic heterocycles. The maximum atomic E-state index is 13.8. The number of hydrogen-bond acceptors (Lipinski definition) is 1. The summed E-state index contributed by atoms with van der Waals surface area (Å²) < 4.78 is 13.8. The van der Waals surface area contributed by atoms with Gasteiger partial charge >= 0.3 is 0 Å². The van der Waals surface area contributed by atoms with Crippen LogP contribution in [-0.4, -0.2) is 20.2 Å². The molecule has 1 aromatic carbocycles. The number of hydrogen-bond donors (Lipinski definition) is 1. The first kappa shape index (κ1) is 17.4. The SMILES string of the molecule is CC(C)(C)NCC(Cc1ccccc1F)C[Si](C)(C)C. The summed E-state index contributed by atoms with van der Waals surface area (Å²) >= 11 is 0. The van der Waals surface area contributed by atoms with Crippen LogP contribution in [0.5, 0.6) is 0 Å². The van der Waals surface area contributed by atoms with Crippen molar-refractivity contribution < 1.29 is 4.39 Å². The Labute approximate surface area is 125 Å². The van der Waals surface area contributed by atoms with Gasteiger partial charge < -0.3 is 5.32 Å². The topological polar surface area (TPSA) is 12.0 Å². The molecule has 0 fully saturated rings. The maximum Gasteiger partial charge on any atom is 0.126 e. The zero-order valence-corrected chi connectivity index (χ0v) is 14.9. The normalized spacial score (nSPS) is 14.3. The van der Waals surface area contributed by atoms with Gasteiger partial charge in [0, 0.05) is 13.6 Å². The lowest BCUT2D eigenvalue weighted by molar-refractivity contribution is 0.378. The molecule has 0 amide bonds. The Balaban J connectivity index is 2.75. The van der Waals surface area contributed by atoms with Gasteiger partial charge in [0.1, 0.15) is 5.82 Å². The second-order valence-electron chi connectivity index (χ2n) is 8.06. The highest BCUT2D eigenvalue weighted by Crippen LogP contribution is 2.22. The van der Waals surface area contributed by atoms with Crippen LogP contribution in [0, 0.1) is 11.7 Å². The van der Waals surface area contributed by atoms with Gasteiger partial charge in [-0.15, -0.1) is 0 Å². The molecular formula is C17H30FNSi. The minimum atomic E-state index is -1.15. The van der Waals surface area contributed by atoms with E-state index in [1.807, 2.05) is 12.1 Å². The fraction of sp³-hybridized carbons (Fsp3) is 0.647. The summed E-state index contributed by atoms with van der Waals surface area (Å²) in [5, 5.41) is 3.58. The summed E-state index contributed by atoms with van der Waals surface area (Å²) in [4.78, 5) is 0. The highest BCUT2D eigenvalue weighted by molar-refractivity contribution is 6.76. The first-order chi connectivity index (χ1) is 9.07. The lowest BCUT2D eigenvalue weighted by Gasteiger charge is -2.29. The van der Waals surface area contributed by atoms with Gasteiger partial charge in [0.15, 0.2) is 0 Å². The summed E-state index contributed by atoms with van der Waals surface area (Å²) in [5.41, 5.74) is 0.971. The molecule has 1 unspecified atom stereocenters. The van der Waals surface area contributed by atoms with Crippen LogP contribution in [0.15, 0.2) is 24.3 Å². The summed E-state index contributed by atoms with van der Waals surface area (Å²) in [6.07, 6.45) is 0.833. The average Bonchev–Trinajstić information content (AvgIpc) is 2.26. The van der Waals surface area contributed by atoms with E-state index in [0.29, 0.717) is 5.92 Å². The zero-order chi connectivity index (χ0) is 15.4. The van der Waals surface area contributed by atoms with Gasteiger partial charge in [-0.3, -0.25) is 0 Å². The van der Waals surface area contributed by atoms with Gasteiger partial charge in [-0.1, -0.05) is 43.9 Å². The predicted octanol–water partition coefficient (Wildman–Crippen LogP) is 4.71. The molecule has 0 aliphatic rings. The van der Waals surface area contributed by atoms with Crippen molar-refractivity contribution in [2.75, 3.05) is 6.54 Å². The van der Waals surface area contributed by atoms with E-state index in [4.69, 9.17) is 0 Å². The Morgan fingerprint density at radius 2 is 1.75 bits per heavy atom. The van der Waals surface area contributed by atoms with E-state index in [0.717, 1.165) is 18.5 Å². The van der Waals surface area contributed by atoms with E-state index in [1.165, 1.54) is 6.04 Å². The van der Waals surface area contributed by atoms with Crippen molar-refractivity contribution in [2.24, 2.45) is 5.92 Å². The summed E-state index contributed by atoms with van der Waals surface area (Å²) in [7, 11) is -1.15. The Morgan fingerprint density at radius 1 is 1.15 bits per heavy atom. The molecule has 0 aliphatic carbocycles. The molecule has 1 nitrogen and oxygen atoms in total. The third kappa shape index (κ3) is 7.20. The van der Waals surface area contributed by atoms with Gasteiger partial charge in [-0.2, -0.15) is 0 Å². The van der Waals surface area contributed by atoms with E-state index in [2.05, 4.69) is 45.7 Å². The van der Waals surface area contributed by atoms with E-state index < -0.39 is 8.07 Å². The van der Waals surface area contributed by atoms with Crippen LogP contribution in [-0.2, 0) is 6.42 Å². The third-order valence-electron chi connectivity index (χ3n) is 3.29. The van der Waals surface area contributed by atoms with Crippen LogP contribution < -0.4 is 5.32 Å². The average molecular weight is 296 g/mol. The van der Waals surface area contributed by atoms with E-state index in [9.17, 15) is 4.39 Å². The van der Waals surface area contributed by atoms with Crippen molar-refractivity contribution in [1.82, 2.24) is 5.32 Å². The van der Waals surface area contributed by atoms with Gasteiger partial charge in [-0.05, 0) is 51.3 Å². The minimum absolute atomic E-state index is 0.0659. The monoisotopic (exact) mass is 295 g/mol. The number of nitrogens with one attached hydrogen (secondary N) is 1. The largest absolute Gasteiger partial charge is 0.312 e. The Hall–Kier alpha value is -0.673. The van der Waals surface area contributed by atoms with Crippen LogP contribution >= 0.6 is 0 Å². The van der Waals surface area contributed by atoms with E-state index in [1.54, 1.807) is 12.1 Å². The van der Waals surface area contributed by atoms with Gasteiger partial charge in [-0.25, -0.2) is 4.39 Å². The van der Waals surface area contributed by atoms with Crippen LogP contribution in [0.25, 0.3) is 0 Å². The van der Waals surface area contributed by atoms with Crippen molar-refractivity contribution in [3.8, 4) is 0 Å². The zero-order valence-electron chi connectivity index (χ0n) is 13.9. The molecule has 0 saturated heterocycles. The number of halogens is 1. The lowest BCUT2D eigenvalue weighted by Crippen LogP contribution is -2.41. The quantitative estimate of drug-likeness (QED) is 0.749. The van der Waals surface area contributed by atoms with Crippen molar-refractivity contribution >= 4 is 8.07 Å². The van der Waals surface area contributed by atoms with Crippen LogP contribution in [0.1, 0.15) is 26.3 Å². The minimum Gasteiger partial charge on any atom is -0.312 e. The van der Waals surface area contributed by atoms with Crippen LogP contribution in [0.4, 0.5) is 4.39 Å². The van der Waals surface area contributed by atoms with Crippen LogP contribution in [0.3, 0.4) is 0 Å². The molecule has 0 spiro atoms. The van der Waals surface area contributed by atoms with Gasteiger partial charge in [0.25, 0.3) is 0 Å². The first-order valence-corrected chi connectivity index (χ1v) is 11.3. The lowest BCUT2D eigenvalue weighted by atomic mass is 9.99. The first-order valence-electron chi connectivity index (χ1n) is 7.55. The van der Waals surface area contributed by atoms with Gasteiger partial charge in [0.2, 0.25) is 0 Å². The van der Waals surface area contributed by atoms with Gasteiger partial charge in [0.05, 0.1) is 0 Å². The van der Waals surface area contributed by atoms with Crippen molar-refractivity contribution in [3.05, 3.63) is 35.6 Å². The second kappa shape index (κ2) is 6.86. The number of benzene rings is 1. The molecule has 114 valence electrons. The summed E-state index contributed by atoms with van der Waals surface area (Å²) in [5.74, 6) is 0.446. The molecule has 0 radical (unpaired) electrons. The highest BCUT2D eigenvalue weighted by atomic mass is 28.3. The Bertz CT molecular complexity index is 418. The second-order valence-corrected chi connectivity index (χ2v) is 13.6. The van der Waals surface area contributed by atoms with Crippen molar-refractivity contribution in [2.45, 2.75) is 58.4 Å². The Morgan fingerprint density at radius 3 is 2.25 bits per heavy atom. The molecule has 0 aliphatic heterocycles. The standard InChI is InChI=1S/C17H30FNSi/c1-17(2,3)19-12-14(13-20(4,5)6)11-15-9-7-8-10-16(15)18/h7-10,14,19H,11-13H2,1-6H3. The third-order valence-corrected chi connectivity index (χ3v) is 5.09. The fourth-order valence-corrected chi connectivity index (χ4v) is 4.53.